The molecule has 0 saturated carbocycles. The van der Waals surface area contributed by atoms with Crippen molar-refractivity contribution in [3.63, 3.8) is 0 Å². The number of hydrogen-bond donors (Lipinski definition) is 1. The van der Waals surface area contributed by atoms with E-state index in [-0.39, 0.29) is 25.5 Å². The van der Waals surface area contributed by atoms with Gasteiger partial charge in [0, 0.05) is 12.0 Å². The number of ether oxygens (including phenoxy) is 2. The van der Waals surface area contributed by atoms with Crippen LogP contribution < -0.4 is 5.32 Å². The lowest BCUT2D eigenvalue weighted by Gasteiger charge is -2.21. The highest BCUT2D eigenvalue weighted by Gasteiger charge is 2.46. The van der Waals surface area contributed by atoms with Crippen molar-refractivity contribution in [1.82, 2.24) is 5.32 Å². The molecule has 0 bridgehead atoms. The number of amides is 1. The molecule has 1 atom stereocenters. The monoisotopic (exact) mass is 255 g/mol. The lowest BCUT2D eigenvalue weighted by atomic mass is 9.90. The summed E-state index contributed by atoms with van der Waals surface area (Å²) in [4.78, 5) is 33.7. The van der Waals surface area contributed by atoms with E-state index >= 15 is 0 Å². The maximum atomic E-state index is 11.5. The minimum absolute atomic E-state index is 0.000556. The standard InChI is InChI=1S/C12H17NO5/c1-4-8(14)13-6-5-9(15)18-10-11(16)17-7-12(10,2)3/h4,10H,1,5-7H2,2-3H3,(H,13,14). The van der Waals surface area contributed by atoms with Crippen LogP contribution in [0.1, 0.15) is 20.3 Å². The average molecular weight is 255 g/mol. The second-order valence-electron chi connectivity index (χ2n) is 4.71. The number of nitrogens with one attached hydrogen (secondary N) is 1. The smallest absolute Gasteiger partial charge is 0.348 e. The zero-order valence-corrected chi connectivity index (χ0v) is 10.5. The highest BCUT2D eigenvalue weighted by molar-refractivity contribution is 5.87. The summed E-state index contributed by atoms with van der Waals surface area (Å²) in [5.74, 6) is -1.43. The van der Waals surface area contributed by atoms with Crippen LogP contribution in [-0.4, -0.2) is 37.1 Å². The number of carbonyl (C=O) groups excluding carboxylic acids is 3. The van der Waals surface area contributed by atoms with E-state index in [1.807, 2.05) is 0 Å². The molecule has 100 valence electrons. The molecule has 1 fully saturated rings. The van der Waals surface area contributed by atoms with Crippen molar-refractivity contribution in [2.24, 2.45) is 5.41 Å². The molecule has 1 unspecified atom stereocenters. The van der Waals surface area contributed by atoms with Crippen LogP contribution in [-0.2, 0) is 23.9 Å². The van der Waals surface area contributed by atoms with Crippen LogP contribution in [0.2, 0.25) is 0 Å². The maximum Gasteiger partial charge on any atom is 0.348 e. The predicted octanol–water partition coefficient (Wildman–Crippen LogP) is 0.173. The molecule has 1 N–H and O–H groups in total. The molecule has 0 radical (unpaired) electrons. The Hall–Kier alpha value is -1.85. The first-order valence-electron chi connectivity index (χ1n) is 5.63. The fourth-order valence-electron chi connectivity index (χ4n) is 1.49. The van der Waals surface area contributed by atoms with Gasteiger partial charge in [0.1, 0.15) is 6.61 Å². The Kier molecular flexibility index (Phi) is 4.47. The van der Waals surface area contributed by atoms with E-state index < -0.39 is 23.5 Å². The predicted molar refractivity (Wildman–Crippen MR) is 62.4 cm³/mol. The minimum atomic E-state index is -0.875. The molecule has 0 aromatic carbocycles. The zero-order chi connectivity index (χ0) is 13.8. The SMILES string of the molecule is C=CC(=O)NCCC(=O)OC1C(=O)OCC1(C)C. The number of carbonyl (C=O) groups is 3. The highest BCUT2D eigenvalue weighted by Crippen LogP contribution is 2.31. The normalized spacial score (nSPS) is 21.0. The molecular formula is C12H17NO5. The zero-order valence-electron chi connectivity index (χ0n) is 10.5. The number of hydrogen-bond acceptors (Lipinski definition) is 5. The topological polar surface area (TPSA) is 81.7 Å². The van der Waals surface area contributed by atoms with Crippen molar-refractivity contribution in [2.75, 3.05) is 13.2 Å². The van der Waals surface area contributed by atoms with Crippen molar-refractivity contribution in [3.05, 3.63) is 12.7 Å². The molecule has 1 aliphatic rings. The third-order valence-electron chi connectivity index (χ3n) is 2.57. The van der Waals surface area contributed by atoms with Gasteiger partial charge in [-0.05, 0) is 6.08 Å². The van der Waals surface area contributed by atoms with Crippen LogP contribution in [0.5, 0.6) is 0 Å². The third kappa shape index (κ3) is 3.58. The van der Waals surface area contributed by atoms with Crippen LogP contribution in [0.4, 0.5) is 0 Å². The fourth-order valence-corrected chi connectivity index (χ4v) is 1.49. The Morgan fingerprint density at radius 2 is 2.28 bits per heavy atom. The summed E-state index contributed by atoms with van der Waals surface area (Å²) in [5.41, 5.74) is -0.517. The molecule has 18 heavy (non-hydrogen) atoms. The molecule has 0 aliphatic carbocycles. The van der Waals surface area contributed by atoms with Gasteiger partial charge in [0.05, 0.1) is 6.42 Å². The Bertz CT molecular complexity index is 375. The summed E-state index contributed by atoms with van der Waals surface area (Å²) in [7, 11) is 0. The maximum absolute atomic E-state index is 11.5. The molecule has 1 rings (SSSR count). The fraction of sp³-hybridized carbons (Fsp3) is 0.583. The van der Waals surface area contributed by atoms with Crippen LogP contribution in [0.25, 0.3) is 0 Å². The van der Waals surface area contributed by atoms with Gasteiger partial charge in [-0.1, -0.05) is 20.4 Å². The minimum Gasteiger partial charge on any atom is -0.462 e. The highest BCUT2D eigenvalue weighted by atomic mass is 16.6. The summed E-state index contributed by atoms with van der Waals surface area (Å²) in [6.07, 6.45) is 0.238. The van der Waals surface area contributed by atoms with Crippen LogP contribution in [0, 0.1) is 5.41 Å². The van der Waals surface area contributed by atoms with Gasteiger partial charge in [-0.15, -0.1) is 0 Å². The van der Waals surface area contributed by atoms with Crippen molar-refractivity contribution >= 4 is 17.8 Å². The Morgan fingerprint density at radius 1 is 1.61 bits per heavy atom. The van der Waals surface area contributed by atoms with Gasteiger partial charge in [0.25, 0.3) is 0 Å². The van der Waals surface area contributed by atoms with E-state index in [0.717, 1.165) is 6.08 Å². The lowest BCUT2D eigenvalue weighted by Crippen LogP contribution is -2.35. The van der Waals surface area contributed by atoms with Crippen molar-refractivity contribution in [2.45, 2.75) is 26.4 Å². The average Bonchev–Trinajstić information content (AvgIpc) is 2.56. The Labute approximate surface area is 105 Å². The number of cyclic esters (lactones) is 1. The largest absolute Gasteiger partial charge is 0.462 e. The first-order chi connectivity index (χ1) is 8.36. The molecule has 0 aromatic heterocycles. The summed E-state index contributed by atoms with van der Waals surface area (Å²) >= 11 is 0. The molecule has 1 aliphatic heterocycles. The van der Waals surface area contributed by atoms with Crippen molar-refractivity contribution in [3.8, 4) is 0 Å². The van der Waals surface area contributed by atoms with E-state index in [1.54, 1.807) is 13.8 Å². The van der Waals surface area contributed by atoms with Crippen LogP contribution >= 0.6 is 0 Å². The van der Waals surface area contributed by atoms with Gasteiger partial charge < -0.3 is 14.8 Å². The number of rotatable bonds is 5. The van der Waals surface area contributed by atoms with Gasteiger partial charge in [0.2, 0.25) is 12.0 Å². The van der Waals surface area contributed by atoms with Gasteiger partial charge in [-0.2, -0.15) is 0 Å². The third-order valence-corrected chi connectivity index (χ3v) is 2.57. The second-order valence-corrected chi connectivity index (χ2v) is 4.71. The van der Waals surface area contributed by atoms with Crippen LogP contribution in [0.15, 0.2) is 12.7 Å². The van der Waals surface area contributed by atoms with E-state index in [2.05, 4.69) is 11.9 Å². The Balaban J connectivity index is 2.38. The van der Waals surface area contributed by atoms with Gasteiger partial charge in [-0.25, -0.2) is 4.79 Å². The van der Waals surface area contributed by atoms with Crippen LogP contribution in [0.3, 0.4) is 0 Å². The Morgan fingerprint density at radius 3 is 2.78 bits per heavy atom. The van der Waals surface area contributed by atoms with E-state index in [1.165, 1.54) is 0 Å². The summed E-state index contributed by atoms with van der Waals surface area (Å²) in [6.45, 7) is 7.23. The molecule has 1 saturated heterocycles. The lowest BCUT2D eigenvalue weighted by molar-refractivity contribution is -0.163. The molecule has 0 aromatic rings. The summed E-state index contributed by atoms with van der Waals surface area (Å²) in [5, 5.41) is 2.45. The van der Waals surface area contributed by atoms with Gasteiger partial charge in [0.15, 0.2) is 0 Å². The summed E-state index contributed by atoms with van der Waals surface area (Å²) < 4.78 is 9.91. The molecule has 6 heteroatoms. The second kappa shape index (κ2) is 5.66. The molecular weight excluding hydrogens is 238 g/mol. The molecule has 0 spiro atoms. The van der Waals surface area contributed by atoms with Crippen molar-refractivity contribution in [1.29, 1.82) is 0 Å². The first kappa shape index (κ1) is 14.2. The number of esters is 2. The van der Waals surface area contributed by atoms with E-state index in [0.29, 0.717) is 0 Å². The van der Waals surface area contributed by atoms with Gasteiger partial charge in [-0.3, -0.25) is 9.59 Å². The van der Waals surface area contributed by atoms with E-state index in [9.17, 15) is 14.4 Å². The molecule has 1 amide bonds. The molecule has 6 nitrogen and oxygen atoms in total. The van der Waals surface area contributed by atoms with Crippen molar-refractivity contribution < 1.29 is 23.9 Å². The quantitative estimate of drug-likeness (QED) is 0.559. The van der Waals surface area contributed by atoms with Gasteiger partial charge >= 0.3 is 11.9 Å². The summed E-state index contributed by atoms with van der Waals surface area (Å²) in [6, 6.07) is 0. The molecule has 1 heterocycles. The first-order valence-corrected chi connectivity index (χ1v) is 5.63. The van der Waals surface area contributed by atoms with E-state index in [4.69, 9.17) is 9.47 Å².